The Morgan fingerprint density at radius 1 is 1.55 bits per heavy atom. The van der Waals surface area contributed by atoms with E-state index >= 15 is 0 Å². The summed E-state index contributed by atoms with van der Waals surface area (Å²) in [6.07, 6.45) is 0.194. The highest BCUT2D eigenvalue weighted by Gasteiger charge is 2.41. The van der Waals surface area contributed by atoms with Crippen LogP contribution in [0.25, 0.3) is 0 Å². The summed E-state index contributed by atoms with van der Waals surface area (Å²) in [5.74, 6) is 0.106. The summed E-state index contributed by atoms with van der Waals surface area (Å²) in [6, 6.07) is 0. The zero-order valence-electron chi connectivity index (χ0n) is 7.08. The number of rotatable bonds is 2. The molecule has 1 fully saturated rings. The predicted molar refractivity (Wildman–Crippen MR) is 41.2 cm³/mol. The van der Waals surface area contributed by atoms with Gasteiger partial charge in [0.15, 0.2) is 0 Å². The van der Waals surface area contributed by atoms with Crippen molar-refractivity contribution < 1.29 is 14.9 Å². The summed E-state index contributed by atoms with van der Waals surface area (Å²) in [7, 11) is 0. The molecule has 3 nitrogen and oxygen atoms in total. The Balaban J connectivity index is 2.49. The molecule has 0 aromatic rings. The lowest BCUT2D eigenvalue weighted by Crippen LogP contribution is -2.35. The van der Waals surface area contributed by atoms with Crippen LogP contribution in [0.2, 0.25) is 0 Å². The Morgan fingerprint density at radius 2 is 2.18 bits per heavy atom. The van der Waals surface area contributed by atoms with Gasteiger partial charge in [-0.25, -0.2) is 0 Å². The molecule has 0 aliphatic carbocycles. The lowest BCUT2D eigenvalue weighted by molar-refractivity contribution is -0.0317. The molecule has 0 radical (unpaired) electrons. The molecule has 0 amide bonds. The molecule has 2 unspecified atom stereocenters. The van der Waals surface area contributed by atoms with Gasteiger partial charge in [-0.2, -0.15) is 0 Å². The first-order valence-electron chi connectivity index (χ1n) is 4.01. The standard InChI is InChI=1S/C8H16O3/c1-8(2)7(10)6(3-4-9)5-11-8/h6-7,9-10H,3-5H2,1-2H3. The van der Waals surface area contributed by atoms with E-state index in [4.69, 9.17) is 9.84 Å². The van der Waals surface area contributed by atoms with Gasteiger partial charge < -0.3 is 14.9 Å². The van der Waals surface area contributed by atoms with Gasteiger partial charge in [-0.15, -0.1) is 0 Å². The Bertz CT molecular complexity index is 133. The van der Waals surface area contributed by atoms with E-state index in [0.29, 0.717) is 13.0 Å². The van der Waals surface area contributed by atoms with Crippen molar-refractivity contribution in [2.24, 2.45) is 5.92 Å². The fourth-order valence-corrected chi connectivity index (χ4v) is 1.47. The molecule has 0 aromatic carbocycles. The fraction of sp³-hybridized carbons (Fsp3) is 1.00. The smallest absolute Gasteiger partial charge is 0.0888 e. The predicted octanol–water partition coefficient (Wildman–Crippen LogP) is 0.155. The number of aliphatic hydroxyl groups excluding tert-OH is 2. The van der Waals surface area contributed by atoms with Gasteiger partial charge in [0.1, 0.15) is 0 Å². The molecule has 1 aliphatic heterocycles. The number of hydrogen-bond acceptors (Lipinski definition) is 3. The molecular formula is C8H16O3. The highest BCUT2D eigenvalue weighted by molar-refractivity contribution is 4.90. The van der Waals surface area contributed by atoms with Gasteiger partial charge in [-0.05, 0) is 20.3 Å². The molecule has 0 aromatic heterocycles. The van der Waals surface area contributed by atoms with Crippen molar-refractivity contribution in [3.05, 3.63) is 0 Å². The van der Waals surface area contributed by atoms with E-state index in [1.807, 2.05) is 13.8 Å². The molecule has 1 rings (SSSR count). The SMILES string of the molecule is CC1(C)OCC(CCO)C1O. The van der Waals surface area contributed by atoms with Crippen LogP contribution in [-0.2, 0) is 4.74 Å². The monoisotopic (exact) mass is 160 g/mol. The summed E-state index contributed by atoms with van der Waals surface area (Å²) < 4.78 is 5.36. The van der Waals surface area contributed by atoms with Gasteiger partial charge in [0, 0.05) is 12.5 Å². The van der Waals surface area contributed by atoms with Crippen LogP contribution in [0, 0.1) is 5.92 Å². The maximum absolute atomic E-state index is 9.61. The number of aliphatic hydroxyl groups is 2. The highest BCUT2D eigenvalue weighted by Crippen LogP contribution is 2.31. The third-order valence-corrected chi connectivity index (χ3v) is 2.33. The van der Waals surface area contributed by atoms with Gasteiger partial charge in [-0.3, -0.25) is 0 Å². The third-order valence-electron chi connectivity index (χ3n) is 2.33. The molecule has 1 aliphatic rings. The van der Waals surface area contributed by atoms with Crippen molar-refractivity contribution in [3.8, 4) is 0 Å². The van der Waals surface area contributed by atoms with Crippen molar-refractivity contribution in [1.29, 1.82) is 0 Å². The molecule has 0 spiro atoms. The van der Waals surface area contributed by atoms with Gasteiger partial charge in [0.2, 0.25) is 0 Å². The lowest BCUT2D eigenvalue weighted by Gasteiger charge is -2.23. The average molecular weight is 160 g/mol. The minimum absolute atomic E-state index is 0.106. The van der Waals surface area contributed by atoms with E-state index in [9.17, 15) is 5.11 Å². The zero-order valence-corrected chi connectivity index (χ0v) is 7.08. The minimum atomic E-state index is -0.436. The van der Waals surface area contributed by atoms with Crippen molar-refractivity contribution in [1.82, 2.24) is 0 Å². The van der Waals surface area contributed by atoms with E-state index in [1.165, 1.54) is 0 Å². The Labute approximate surface area is 67.0 Å². The third kappa shape index (κ3) is 1.72. The zero-order chi connectivity index (χ0) is 8.48. The van der Waals surface area contributed by atoms with Crippen LogP contribution in [0.5, 0.6) is 0 Å². The van der Waals surface area contributed by atoms with Gasteiger partial charge in [-0.1, -0.05) is 0 Å². The maximum Gasteiger partial charge on any atom is 0.0888 e. The van der Waals surface area contributed by atoms with Crippen LogP contribution in [0.3, 0.4) is 0 Å². The van der Waals surface area contributed by atoms with Crippen LogP contribution >= 0.6 is 0 Å². The van der Waals surface area contributed by atoms with E-state index in [0.717, 1.165) is 0 Å². The second-order valence-corrected chi connectivity index (χ2v) is 3.63. The lowest BCUT2D eigenvalue weighted by atomic mass is 9.92. The summed E-state index contributed by atoms with van der Waals surface area (Å²) in [4.78, 5) is 0. The maximum atomic E-state index is 9.61. The average Bonchev–Trinajstić information content (AvgIpc) is 2.17. The fourth-order valence-electron chi connectivity index (χ4n) is 1.47. The first-order valence-corrected chi connectivity index (χ1v) is 4.01. The molecule has 66 valence electrons. The summed E-state index contributed by atoms with van der Waals surface area (Å²) in [6.45, 7) is 4.43. The van der Waals surface area contributed by atoms with Crippen LogP contribution in [0.4, 0.5) is 0 Å². The van der Waals surface area contributed by atoms with Crippen LogP contribution in [0.15, 0.2) is 0 Å². The van der Waals surface area contributed by atoms with E-state index < -0.39 is 11.7 Å². The quantitative estimate of drug-likeness (QED) is 0.604. The van der Waals surface area contributed by atoms with Crippen molar-refractivity contribution in [3.63, 3.8) is 0 Å². The molecule has 0 saturated carbocycles. The van der Waals surface area contributed by atoms with Gasteiger partial charge in [0.25, 0.3) is 0 Å². The Morgan fingerprint density at radius 3 is 2.55 bits per heavy atom. The molecular weight excluding hydrogens is 144 g/mol. The van der Waals surface area contributed by atoms with Crippen molar-refractivity contribution in [2.75, 3.05) is 13.2 Å². The first-order chi connectivity index (χ1) is 5.08. The van der Waals surface area contributed by atoms with Crippen LogP contribution in [-0.4, -0.2) is 35.1 Å². The van der Waals surface area contributed by atoms with E-state index in [-0.39, 0.29) is 12.5 Å². The minimum Gasteiger partial charge on any atom is -0.396 e. The van der Waals surface area contributed by atoms with E-state index in [2.05, 4.69) is 0 Å². The first kappa shape index (κ1) is 8.97. The number of hydrogen-bond donors (Lipinski definition) is 2. The van der Waals surface area contributed by atoms with Gasteiger partial charge >= 0.3 is 0 Å². The highest BCUT2D eigenvalue weighted by atomic mass is 16.5. The largest absolute Gasteiger partial charge is 0.396 e. The Hall–Kier alpha value is -0.120. The summed E-state index contributed by atoms with van der Waals surface area (Å²) >= 11 is 0. The van der Waals surface area contributed by atoms with Crippen LogP contribution in [0.1, 0.15) is 20.3 Å². The second kappa shape index (κ2) is 3.09. The normalized spacial score (nSPS) is 36.0. The molecule has 3 heteroatoms. The van der Waals surface area contributed by atoms with Crippen molar-refractivity contribution >= 4 is 0 Å². The molecule has 1 heterocycles. The number of ether oxygens (including phenoxy) is 1. The second-order valence-electron chi connectivity index (χ2n) is 3.63. The van der Waals surface area contributed by atoms with Gasteiger partial charge in [0.05, 0.1) is 18.3 Å². The van der Waals surface area contributed by atoms with Crippen LogP contribution < -0.4 is 0 Å². The summed E-state index contributed by atoms with van der Waals surface area (Å²) in [5, 5.41) is 18.3. The molecule has 11 heavy (non-hydrogen) atoms. The van der Waals surface area contributed by atoms with E-state index in [1.54, 1.807) is 0 Å². The summed E-state index contributed by atoms with van der Waals surface area (Å²) in [5.41, 5.74) is -0.431. The molecule has 0 bridgehead atoms. The Kier molecular flexibility index (Phi) is 2.52. The molecule has 2 N–H and O–H groups in total. The topological polar surface area (TPSA) is 49.7 Å². The molecule has 1 saturated heterocycles. The molecule has 2 atom stereocenters. The van der Waals surface area contributed by atoms with Crippen molar-refractivity contribution in [2.45, 2.75) is 32.0 Å².